The van der Waals surface area contributed by atoms with E-state index in [1.54, 1.807) is 12.4 Å². The number of aromatic amines is 1. The van der Waals surface area contributed by atoms with E-state index >= 15 is 0 Å². The Morgan fingerprint density at radius 2 is 1.90 bits per heavy atom. The third-order valence-electron chi connectivity index (χ3n) is 5.58. The van der Waals surface area contributed by atoms with Gasteiger partial charge < -0.3 is 0 Å². The Morgan fingerprint density at radius 3 is 2.61 bits per heavy atom. The molecule has 0 fully saturated rings. The van der Waals surface area contributed by atoms with Crippen molar-refractivity contribution < 1.29 is 0 Å². The summed E-state index contributed by atoms with van der Waals surface area (Å²) in [6.45, 7) is 7.48. The molecule has 0 aliphatic carbocycles. The Hall–Kier alpha value is -3.42. The first-order valence-electron chi connectivity index (χ1n) is 10.9. The Morgan fingerprint density at radius 1 is 1.06 bits per heavy atom. The lowest BCUT2D eigenvalue weighted by Crippen LogP contribution is -2.06. The summed E-state index contributed by atoms with van der Waals surface area (Å²) in [4.78, 5) is 9.09. The van der Waals surface area contributed by atoms with Crippen LogP contribution in [0, 0.1) is 0 Å². The molecule has 0 saturated carbocycles. The van der Waals surface area contributed by atoms with Crippen LogP contribution in [0.1, 0.15) is 63.2 Å². The average Bonchev–Trinajstić information content (AvgIpc) is 3.48. The Bertz CT molecular complexity index is 1100. The van der Waals surface area contributed by atoms with Gasteiger partial charge >= 0.3 is 0 Å². The second-order valence-corrected chi connectivity index (χ2v) is 7.80. The number of benzene rings is 1. The highest BCUT2D eigenvalue weighted by Gasteiger charge is 2.15. The van der Waals surface area contributed by atoms with Crippen LogP contribution < -0.4 is 0 Å². The van der Waals surface area contributed by atoms with E-state index in [0.29, 0.717) is 11.7 Å². The van der Waals surface area contributed by atoms with Gasteiger partial charge in [-0.15, -0.1) is 10.2 Å². The minimum absolute atomic E-state index is 0.374. The first kappa shape index (κ1) is 20.8. The first-order valence-corrected chi connectivity index (χ1v) is 10.9. The highest BCUT2D eigenvalue weighted by Crippen LogP contribution is 2.29. The second-order valence-electron chi connectivity index (χ2n) is 7.80. The SMILES string of the molecule is CCCCn1nc(C(C)CC)nc1Cc1ccc(-c2ccncc2-c2nn[nH]n2)cc1. The highest BCUT2D eigenvalue weighted by molar-refractivity contribution is 5.79. The molecule has 160 valence electrons. The van der Waals surface area contributed by atoms with Crippen LogP contribution in [0.15, 0.2) is 42.7 Å². The third-order valence-corrected chi connectivity index (χ3v) is 5.58. The van der Waals surface area contributed by atoms with Crippen LogP contribution in [0.25, 0.3) is 22.5 Å². The number of aromatic nitrogens is 8. The number of nitrogens with one attached hydrogen (secondary N) is 1. The number of rotatable bonds is 9. The van der Waals surface area contributed by atoms with Crippen molar-refractivity contribution >= 4 is 0 Å². The number of H-pyrrole nitrogens is 1. The van der Waals surface area contributed by atoms with Gasteiger partial charge in [0.25, 0.3) is 0 Å². The summed E-state index contributed by atoms with van der Waals surface area (Å²) < 4.78 is 2.09. The molecule has 0 saturated heterocycles. The second kappa shape index (κ2) is 9.59. The van der Waals surface area contributed by atoms with Crippen LogP contribution in [-0.2, 0) is 13.0 Å². The number of hydrogen-bond donors (Lipinski definition) is 1. The van der Waals surface area contributed by atoms with E-state index in [-0.39, 0.29) is 0 Å². The molecule has 0 radical (unpaired) electrons. The number of nitrogens with zero attached hydrogens (tertiary/aromatic N) is 7. The molecule has 0 aliphatic rings. The van der Waals surface area contributed by atoms with Gasteiger partial charge in [-0.25, -0.2) is 9.67 Å². The molecule has 0 bridgehead atoms. The van der Waals surface area contributed by atoms with Gasteiger partial charge in [-0.05, 0) is 40.8 Å². The Balaban J connectivity index is 1.58. The molecule has 0 spiro atoms. The van der Waals surface area contributed by atoms with E-state index in [9.17, 15) is 0 Å². The molecule has 1 atom stereocenters. The van der Waals surface area contributed by atoms with E-state index in [1.165, 1.54) is 5.56 Å². The highest BCUT2D eigenvalue weighted by atomic mass is 15.5. The fraction of sp³-hybridized carbons (Fsp3) is 0.391. The molecule has 8 heteroatoms. The molecule has 1 aromatic carbocycles. The van der Waals surface area contributed by atoms with Gasteiger partial charge in [-0.1, -0.05) is 51.5 Å². The molecule has 3 heterocycles. The zero-order chi connectivity index (χ0) is 21.6. The molecule has 8 nitrogen and oxygen atoms in total. The van der Waals surface area contributed by atoms with Crippen molar-refractivity contribution in [2.75, 3.05) is 0 Å². The molecular weight excluding hydrogens is 388 g/mol. The molecule has 1 unspecified atom stereocenters. The zero-order valence-corrected chi connectivity index (χ0v) is 18.3. The molecule has 31 heavy (non-hydrogen) atoms. The van der Waals surface area contributed by atoms with Crippen LogP contribution >= 0.6 is 0 Å². The molecule has 0 amide bonds. The summed E-state index contributed by atoms with van der Waals surface area (Å²) in [5, 5.41) is 19.2. The number of unbranched alkanes of at least 4 members (excludes halogenated alkanes) is 1. The number of pyridine rings is 1. The first-order chi connectivity index (χ1) is 15.2. The normalized spacial score (nSPS) is 12.2. The van der Waals surface area contributed by atoms with E-state index in [1.807, 2.05) is 6.07 Å². The molecule has 0 aliphatic heterocycles. The summed E-state index contributed by atoms with van der Waals surface area (Å²) >= 11 is 0. The van der Waals surface area contributed by atoms with Gasteiger partial charge in [-0.3, -0.25) is 4.98 Å². The molecule has 4 rings (SSSR count). The number of hydrogen-bond acceptors (Lipinski definition) is 6. The van der Waals surface area contributed by atoms with Gasteiger partial charge in [0.2, 0.25) is 5.82 Å². The van der Waals surface area contributed by atoms with Crippen LogP contribution in [0.3, 0.4) is 0 Å². The van der Waals surface area contributed by atoms with Gasteiger partial charge in [0.1, 0.15) is 5.82 Å². The number of tetrazole rings is 1. The average molecular weight is 417 g/mol. The summed E-state index contributed by atoms with van der Waals surface area (Å²) in [5.41, 5.74) is 4.16. The van der Waals surface area contributed by atoms with Crippen LogP contribution in [0.2, 0.25) is 0 Å². The summed E-state index contributed by atoms with van der Waals surface area (Å²) in [5.74, 6) is 2.90. The van der Waals surface area contributed by atoms with Crippen LogP contribution in [-0.4, -0.2) is 40.4 Å². The lowest BCUT2D eigenvalue weighted by molar-refractivity contribution is 0.539. The van der Waals surface area contributed by atoms with Crippen LogP contribution in [0.5, 0.6) is 0 Å². The summed E-state index contributed by atoms with van der Waals surface area (Å²) in [6.07, 6.45) is 7.60. The Kier molecular flexibility index (Phi) is 6.45. The van der Waals surface area contributed by atoms with Gasteiger partial charge in [-0.2, -0.15) is 10.3 Å². The van der Waals surface area contributed by atoms with Crippen molar-refractivity contribution in [3.63, 3.8) is 0 Å². The van der Waals surface area contributed by atoms with E-state index in [0.717, 1.165) is 60.6 Å². The maximum absolute atomic E-state index is 4.87. The zero-order valence-electron chi connectivity index (χ0n) is 18.3. The fourth-order valence-electron chi connectivity index (χ4n) is 3.49. The lowest BCUT2D eigenvalue weighted by Gasteiger charge is -2.08. The monoisotopic (exact) mass is 416 g/mol. The lowest BCUT2D eigenvalue weighted by atomic mass is 9.99. The van der Waals surface area contributed by atoms with E-state index in [4.69, 9.17) is 10.1 Å². The standard InChI is InChI=1S/C23H28N8/c1-4-6-13-31-21(25-22(28-31)16(3)5-2)14-17-7-9-18(10-8-17)19-11-12-24-15-20(19)23-26-29-30-27-23/h7-12,15-16H,4-6,13-14H2,1-3H3,(H,26,27,29,30). The van der Waals surface area contributed by atoms with E-state index < -0.39 is 0 Å². The smallest absolute Gasteiger partial charge is 0.206 e. The van der Waals surface area contributed by atoms with Crippen LogP contribution in [0.4, 0.5) is 0 Å². The number of aryl methyl sites for hydroxylation is 1. The van der Waals surface area contributed by atoms with Gasteiger partial charge in [0, 0.05) is 36.8 Å². The van der Waals surface area contributed by atoms with Crippen molar-refractivity contribution in [1.29, 1.82) is 0 Å². The molecule has 4 aromatic rings. The maximum atomic E-state index is 4.87. The van der Waals surface area contributed by atoms with Crippen molar-refractivity contribution in [2.45, 2.75) is 58.9 Å². The van der Waals surface area contributed by atoms with E-state index in [2.05, 4.69) is 75.3 Å². The van der Waals surface area contributed by atoms with Gasteiger partial charge in [0.05, 0.1) is 0 Å². The molecule has 3 aromatic heterocycles. The summed E-state index contributed by atoms with van der Waals surface area (Å²) in [7, 11) is 0. The third kappa shape index (κ3) is 4.68. The van der Waals surface area contributed by atoms with Crippen molar-refractivity contribution in [2.24, 2.45) is 0 Å². The van der Waals surface area contributed by atoms with Crippen molar-refractivity contribution in [1.82, 2.24) is 40.4 Å². The minimum Gasteiger partial charge on any atom is -0.264 e. The minimum atomic E-state index is 0.374. The predicted molar refractivity (Wildman–Crippen MR) is 119 cm³/mol. The molecule has 1 N–H and O–H groups in total. The Labute approximate surface area is 182 Å². The molecular formula is C23H28N8. The van der Waals surface area contributed by atoms with Crippen molar-refractivity contribution in [3.8, 4) is 22.5 Å². The predicted octanol–water partition coefficient (Wildman–Crippen LogP) is 4.42. The topological polar surface area (TPSA) is 98.1 Å². The summed E-state index contributed by atoms with van der Waals surface area (Å²) in [6, 6.07) is 10.5. The largest absolute Gasteiger partial charge is 0.264 e. The quantitative estimate of drug-likeness (QED) is 0.433. The maximum Gasteiger partial charge on any atom is 0.206 e. The van der Waals surface area contributed by atoms with Gasteiger partial charge in [0.15, 0.2) is 5.82 Å². The van der Waals surface area contributed by atoms with Crippen molar-refractivity contribution in [3.05, 3.63) is 59.9 Å². The fourth-order valence-corrected chi connectivity index (χ4v) is 3.49.